The van der Waals surface area contributed by atoms with Crippen molar-refractivity contribution in [2.45, 2.75) is 47.0 Å². The zero-order valence-corrected chi connectivity index (χ0v) is 13.3. The first-order valence-corrected chi connectivity index (χ1v) is 7.42. The highest BCUT2D eigenvalue weighted by Crippen LogP contribution is 2.35. The quantitative estimate of drug-likeness (QED) is 0.771. The van der Waals surface area contributed by atoms with E-state index in [1.807, 2.05) is 6.92 Å². The Hall–Kier alpha value is -1.51. The Morgan fingerprint density at radius 1 is 0.900 bits per heavy atom. The maximum absolute atomic E-state index is 12.3. The molecule has 3 nitrogen and oxygen atoms in total. The molecule has 0 N–H and O–H groups in total. The summed E-state index contributed by atoms with van der Waals surface area (Å²) in [6, 6.07) is 0. The van der Waals surface area contributed by atoms with Crippen molar-refractivity contribution < 1.29 is 9.53 Å². The van der Waals surface area contributed by atoms with E-state index in [1.165, 1.54) is 43.1 Å². The van der Waals surface area contributed by atoms with Crippen molar-refractivity contribution in [2.24, 2.45) is 0 Å². The summed E-state index contributed by atoms with van der Waals surface area (Å²) >= 11 is 0. The number of hydrogen-bond donors (Lipinski definition) is 0. The highest BCUT2D eigenvalue weighted by Gasteiger charge is 2.25. The monoisotopic (exact) mass is 275 g/mol. The van der Waals surface area contributed by atoms with Crippen LogP contribution >= 0.6 is 0 Å². The molecule has 0 bridgehead atoms. The zero-order valence-electron chi connectivity index (χ0n) is 13.3. The maximum Gasteiger partial charge on any atom is 0.340 e. The largest absolute Gasteiger partial charge is 0.465 e. The van der Waals surface area contributed by atoms with Crippen molar-refractivity contribution in [3.63, 3.8) is 0 Å². The van der Waals surface area contributed by atoms with Crippen LogP contribution in [0, 0.1) is 27.7 Å². The third-order valence-corrected chi connectivity index (χ3v) is 4.72. The predicted molar refractivity (Wildman–Crippen MR) is 82.8 cm³/mol. The molecule has 0 saturated carbocycles. The van der Waals surface area contributed by atoms with E-state index in [-0.39, 0.29) is 5.97 Å². The van der Waals surface area contributed by atoms with Crippen molar-refractivity contribution in [1.82, 2.24) is 0 Å². The number of ether oxygens (including phenoxy) is 1. The molecule has 110 valence electrons. The maximum atomic E-state index is 12.3. The lowest BCUT2D eigenvalue weighted by Crippen LogP contribution is -2.32. The first kappa shape index (κ1) is 14.9. The summed E-state index contributed by atoms with van der Waals surface area (Å²) in [5.74, 6) is -0.214. The fourth-order valence-electron chi connectivity index (χ4n) is 3.16. The first-order chi connectivity index (χ1) is 9.49. The predicted octanol–water partition coefficient (Wildman–Crippen LogP) is 3.70. The van der Waals surface area contributed by atoms with Crippen LogP contribution in [0.2, 0.25) is 0 Å². The van der Waals surface area contributed by atoms with Crippen molar-refractivity contribution >= 4 is 11.7 Å². The molecule has 1 heterocycles. The van der Waals surface area contributed by atoms with Gasteiger partial charge in [0.25, 0.3) is 0 Å². The van der Waals surface area contributed by atoms with Crippen LogP contribution in [0.5, 0.6) is 0 Å². The lowest BCUT2D eigenvalue weighted by atomic mass is 9.91. The Bertz CT molecular complexity index is 529. The summed E-state index contributed by atoms with van der Waals surface area (Å²) in [6.45, 7) is 10.5. The molecule has 1 aromatic carbocycles. The van der Waals surface area contributed by atoms with E-state index < -0.39 is 0 Å². The molecular formula is C17H25NO2. The van der Waals surface area contributed by atoms with E-state index in [0.717, 1.165) is 29.9 Å². The molecule has 0 radical (unpaired) electrons. The Balaban J connectivity index is 2.65. The third kappa shape index (κ3) is 2.41. The summed E-state index contributed by atoms with van der Waals surface area (Å²) in [5, 5.41) is 0. The minimum absolute atomic E-state index is 0.214. The lowest BCUT2D eigenvalue weighted by molar-refractivity contribution is 0.0600. The second-order valence-electron chi connectivity index (χ2n) is 5.76. The SMILES string of the molecule is COC(=O)c1c(C)c(C)c(C)c(C)c1N1CCCCC1. The van der Waals surface area contributed by atoms with Crippen LogP contribution in [-0.4, -0.2) is 26.2 Å². The Kier molecular flexibility index (Phi) is 4.36. The van der Waals surface area contributed by atoms with Gasteiger partial charge < -0.3 is 9.64 Å². The minimum atomic E-state index is -0.214. The van der Waals surface area contributed by atoms with Crippen LogP contribution in [0.25, 0.3) is 0 Å². The molecule has 20 heavy (non-hydrogen) atoms. The summed E-state index contributed by atoms with van der Waals surface area (Å²) in [6.07, 6.45) is 3.69. The smallest absolute Gasteiger partial charge is 0.340 e. The van der Waals surface area contributed by atoms with Crippen molar-refractivity contribution in [1.29, 1.82) is 0 Å². The van der Waals surface area contributed by atoms with Gasteiger partial charge in [0.15, 0.2) is 0 Å². The van der Waals surface area contributed by atoms with Gasteiger partial charge in [0, 0.05) is 13.1 Å². The molecule has 2 rings (SSSR count). The Morgan fingerprint density at radius 2 is 1.45 bits per heavy atom. The topological polar surface area (TPSA) is 29.5 Å². The second kappa shape index (κ2) is 5.86. The average molecular weight is 275 g/mol. The molecule has 0 aliphatic carbocycles. The van der Waals surface area contributed by atoms with Gasteiger partial charge in [-0.15, -0.1) is 0 Å². The van der Waals surface area contributed by atoms with Gasteiger partial charge in [-0.2, -0.15) is 0 Å². The first-order valence-electron chi connectivity index (χ1n) is 7.42. The zero-order chi connectivity index (χ0) is 14.9. The number of benzene rings is 1. The highest BCUT2D eigenvalue weighted by molar-refractivity contribution is 5.99. The molecule has 1 aromatic rings. The van der Waals surface area contributed by atoms with Gasteiger partial charge in [-0.3, -0.25) is 0 Å². The Labute approximate surface area is 121 Å². The molecule has 3 heteroatoms. The van der Waals surface area contributed by atoms with Gasteiger partial charge >= 0.3 is 5.97 Å². The van der Waals surface area contributed by atoms with Crippen LogP contribution in [0.15, 0.2) is 0 Å². The summed E-state index contributed by atoms with van der Waals surface area (Å²) in [7, 11) is 1.46. The number of carbonyl (C=O) groups excluding carboxylic acids is 1. The number of anilines is 1. The number of nitrogens with zero attached hydrogens (tertiary/aromatic N) is 1. The molecule has 0 unspecified atom stereocenters. The Morgan fingerprint density at radius 3 is 2.00 bits per heavy atom. The molecule has 1 saturated heterocycles. The number of hydrogen-bond acceptors (Lipinski definition) is 3. The minimum Gasteiger partial charge on any atom is -0.465 e. The summed E-state index contributed by atoms with van der Waals surface area (Å²) in [4.78, 5) is 14.6. The number of methoxy groups -OCH3 is 1. The molecule has 1 aliphatic rings. The number of rotatable bonds is 2. The van der Waals surface area contributed by atoms with E-state index in [1.54, 1.807) is 0 Å². The fraction of sp³-hybridized carbons (Fsp3) is 0.588. The normalized spacial score (nSPS) is 15.3. The molecular weight excluding hydrogens is 250 g/mol. The van der Waals surface area contributed by atoms with E-state index in [9.17, 15) is 4.79 Å². The highest BCUT2D eigenvalue weighted by atomic mass is 16.5. The molecule has 1 fully saturated rings. The number of piperidine rings is 1. The second-order valence-corrected chi connectivity index (χ2v) is 5.76. The lowest BCUT2D eigenvalue weighted by Gasteiger charge is -2.33. The van der Waals surface area contributed by atoms with Gasteiger partial charge in [0.05, 0.1) is 18.4 Å². The summed E-state index contributed by atoms with van der Waals surface area (Å²) in [5.41, 5.74) is 6.61. The van der Waals surface area contributed by atoms with Crippen LogP contribution in [-0.2, 0) is 4.74 Å². The molecule has 0 aromatic heterocycles. The summed E-state index contributed by atoms with van der Waals surface area (Å²) < 4.78 is 5.03. The van der Waals surface area contributed by atoms with Crippen molar-refractivity contribution in [3.8, 4) is 0 Å². The van der Waals surface area contributed by atoms with Gasteiger partial charge in [-0.25, -0.2) is 4.79 Å². The molecule has 0 spiro atoms. The van der Waals surface area contributed by atoms with Crippen LogP contribution in [0.1, 0.15) is 51.9 Å². The fourth-order valence-corrected chi connectivity index (χ4v) is 3.16. The van der Waals surface area contributed by atoms with Crippen LogP contribution in [0.3, 0.4) is 0 Å². The van der Waals surface area contributed by atoms with Gasteiger partial charge in [0.2, 0.25) is 0 Å². The van der Waals surface area contributed by atoms with Gasteiger partial charge in [-0.1, -0.05) is 0 Å². The van der Waals surface area contributed by atoms with Crippen LogP contribution < -0.4 is 4.90 Å². The van der Waals surface area contributed by atoms with E-state index in [2.05, 4.69) is 25.7 Å². The number of esters is 1. The van der Waals surface area contributed by atoms with E-state index in [4.69, 9.17) is 4.74 Å². The number of carbonyl (C=O) groups is 1. The van der Waals surface area contributed by atoms with Crippen molar-refractivity contribution in [2.75, 3.05) is 25.1 Å². The molecule has 0 amide bonds. The van der Waals surface area contributed by atoms with E-state index in [0.29, 0.717) is 0 Å². The van der Waals surface area contributed by atoms with Crippen LogP contribution in [0.4, 0.5) is 5.69 Å². The van der Waals surface area contributed by atoms with Gasteiger partial charge in [-0.05, 0) is 69.2 Å². The van der Waals surface area contributed by atoms with E-state index >= 15 is 0 Å². The molecule has 1 aliphatic heterocycles. The standard InChI is InChI=1S/C17H25NO2/c1-11-12(2)14(4)16(18-9-7-6-8-10-18)15(13(11)3)17(19)20-5/h6-10H2,1-5H3. The molecule has 0 atom stereocenters. The van der Waals surface area contributed by atoms with Gasteiger partial charge in [0.1, 0.15) is 0 Å². The average Bonchev–Trinajstić information content (AvgIpc) is 2.48. The third-order valence-electron chi connectivity index (χ3n) is 4.72. The van der Waals surface area contributed by atoms with Crippen molar-refractivity contribution in [3.05, 3.63) is 27.8 Å².